The molecule has 0 aromatic carbocycles. The van der Waals surface area contributed by atoms with E-state index < -0.39 is 11.4 Å². The fourth-order valence-electron chi connectivity index (χ4n) is 2.55. The lowest BCUT2D eigenvalue weighted by molar-refractivity contribution is -0.149. The molecule has 2 unspecified atom stereocenters. The first-order valence-electron chi connectivity index (χ1n) is 6.78. The predicted molar refractivity (Wildman–Crippen MR) is 78.2 cm³/mol. The van der Waals surface area contributed by atoms with Crippen LogP contribution in [0.3, 0.4) is 0 Å². The van der Waals surface area contributed by atoms with Gasteiger partial charge in [-0.2, -0.15) is 0 Å². The molecule has 7 heteroatoms. The molecule has 0 radical (unpaired) electrons. The summed E-state index contributed by atoms with van der Waals surface area (Å²) in [6.45, 7) is 1.50. The largest absolute Gasteiger partial charge is 0.481 e. The van der Waals surface area contributed by atoms with Crippen molar-refractivity contribution in [2.75, 3.05) is 6.54 Å². The molecule has 114 valence electrons. The normalized spacial score (nSPS) is 24.5. The van der Waals surface area contributed by atoms with Gasteiger partial charge in [0.15, 0.2) is 0 Å². The van der Waals surface area contributed by atoms with Crippen LogP contribution in [0.5, 0.6) is 0 Å². The van der Waals surface area contributed by atoms with E-state index in [1.165, 1.54) is 11.3 Å². The van der Waals surface area contributed by atoms with Crippen LogP contribution >= 0.6 is 11.3 Å². The quantitative estimate of drug-likeness (QED) is 0.762. The maximum atomic E-state index is 11.9. The highest BCUT2D eigenvalue weighted by molar-refractivity contribution is 7.12. The molecule has 1 heterocycles. The lowest BCUT2D eigenvalue weighted by Gasteiger charge is -2.27. The first-order chi connectivity index (χ1) is 9.93. The third kappa shape index (κ3) is 3.41. The van der Waals surface area contributed by atoms with E-state index in [4.69, 9.17) is 0 Å². The molecular formula is C14H18N2O4S. The van der Waals surface area contributed by atoms with E-state index in [0.717, 1.165) is 6.42 Å². The molecule has 0 spiro atoms. The number of hydrogen-bond donors (Lipinski definition) is 3. The second-order valence-corrected chi connectivity index (χ2v) is 6.34. The highest BCUT2D eigenvalue weighted by Gasteiger charge is 2.45. The molecule has 21 heavy (non-hydrogen) atoms. The molecule has 1 aromatic rings. The van der Waals surface area contributed by atoms with E-state index in [0.29, 0.717) is 17.7 Å². The van der Waals surface area contributed by atoms with Crippen LogP contribution in [0.15, 0.2) is 17.5 Å². The number of thiophene rings is 1. The summed E-state index contributed by atoms with van der Waals surface area (Å²) in [5.74, 6) is -1.56. The second-order valence-electron chi connectivity index (χ2n) is 5.39. The van der Waals surface area contributed by atoms with Crippen molar-refractivity contribution in [3.8, 4) is 0 Å². The summed E-state index contributed by atoms with van der Waals surface area (Å²) in [4.78, 5) is 35.4. The first-order valence-corrected chi connectivity index (χ1v) is 7.66. The Bertz CT molecular complexity index is 543. The van der Waals surface area contributed by atoms with Crippen LogP contribution in [0.25, 0.3) is 0 Å². The number of carbonyl (C=O) groups excluding carboxylic acids is 2. The van der Waals surface area contributed by atoms with Crippen molar-refractivity contribution >= 4 is 29.1 Å². The van der Waals surface area contributed by atoms with Crippen molar-refractivity contribution in [3.63, 3.8) is 0 Å². The van der Waals surface area contributed by atoms with Crippen LogP contribution in [-0.2, 0) is 9.59 Å². The topological polar surface area (TPSA) is 95.5 Å². The molecule has 6 nitrogen and oxygen atoms in total. The van der Waals surface area contributed by atoms with Crippen molar-refractivity contribution in [3.05, 3.63) is 22.4 Å². The van der Waals surface area contributed by atoms with Crippen molar-refractivity contribution in [1.82, 2.24) is 10.6 Å². The molecule has 3 N–H and O–H groups in total. The van der Waals surface area contributed by atoms with Crippen LogP contribution in [0.1, 0.15) is 35.9 Å². The Morgan fingerprint density at radius 1 is 1.48 bits per heavy atom. The molecule has 0 aliphatic heterocycles. The van der Waals surface area contributed by atoms with Crippen molar-refractivity contribution in [2.24, 2.45) is 5.41 Å². The van der Waals surface area contributed by atoms with E-state index in [1.54, 1.807) is 24.4 Å². The number of hydrogen-bond acceptors (Lipinski definition) is 4. The zero-order chi connectivity index (χ0) is 15.5. The Labute approximate surface area is 126 Å². The summed E-state index contributed by atoms with van der Waals surface area (Å²) in [6.07, 6.45) is 1.97. The lowest BCUT2D eigenvalue weighted by Crippen LogP contribution is -2.49. The lowest BCUT2D eigenvalue weighted by atomic mass is 9.85. The highest BCUT2D eigenvalue weighted by Crippen LogP contribution is 2.38. The zero-order valence-corrected chi connectivity index (χ0v) is 12.5. The summed E-state index contributed by atoms with van der Waals surface area (Å²) >= 11 is 1.30. The van der Waals surface area contributed by atoms with Gasteiger partial charge in [0.25, 0.3) is 5.91 Å². The molecule has 2 rings (SSSR count). The minimum Gasteiger partial charge on any atom is -0.481 e. The Kier molecular flexibility index (Phi) is 4.62. The number of aliphatic carboxylic acids is 1. The Morgan fingerprint density at radius 3 is 2.86 bits per heavy atom. The number of amides is 2. The predicted octanol–water partition coefficient (Wildman–Crippen LogP) is 1.24. The summed E-state index contributed by atoms with van der Waals surface area (Å²) in [7, 11) is 0. The van der Waals surface area contributed by atoms with Gasteiger partial charge in [-0.15, -0.1) is 11.3 Å². The van der Waals surface area contributed by atoms with Crippen molar-refractivity contribution in [2.45, 2.75) is 32.2 Å². The zero-order valence-electron chi connectivity index (χ0n) is 11.7. The first kappa shape index (κ1) is 15.5. The molecule has 1 aliphatic carbocycles. The van der Waals surface area contributed by atoms with Crippen LogP contribution in [0.2, 0.25) is 0 Å². The number of nitrogens with one attached hydrogen (secondary N) is 2. The molecule has 1 aliphatic rings. The van der Waals surface area contributed by atoms with Gasteiger partial charge in [0.2, 0.25) is 5.91 Å². The summed E-state index contributed by atoms with van der Waals surface area (Å²) < 4.78 is 0. The smallest absolute Gasteiger partial charge is 0.311 e. The molecule has 0 saturated heterocycles. The summed E-state index contributed by atoms with van der Waals surface area (Å²) in [5.41, 5.74) is -0.923. The highest BCUT2D eigenvalue weighted by atomic mass is 32.1. The number of carbonyl (C=O) groups is 3. The number of carboxylic acids is 1. The molecular weight excluding hydrogens is 292 g/mol. The monoisotopic (exact) mass is 310 g/mol. The average Bonchev–Trinajstić information content (AvgIpc) is 3.07. The van der Waals surface area contributed by atoms with E-state index >= 15 is 0 Å². The van der Waals surface area contributed by atoms with Gasteiger partial charge in [-0.05, 0) is 31.2 Å². The Morgan fingerprint density at radius 2 is 2.24 bits per heavy atom. The van der Waals surface area contributed by atoms with Gasteiger partial charge >= 0.3 is 5.97 Å². The van der Waals surface area contributed by atoms with E-state index in [9.17, 15) is 19.5 Å². The molecule has 1 saturated carbocycles. The third-order valence-electron chi connectivity index (χ3n) is 3.94. The van der Waals surface area contributed by atoms with Crippen LogP contribution < -0.4 is 10.6 Å². The standard InChI is InChI=1S/C14H18N2O4S/c1-14(13(19)20)6-2-5-10(14)16-11(17)8-15-12(18)9-4-3-7-21-9/h3-4,7,10H,2,5-6,8H2,1H3,(H,15,18)(H,16,17)(H,19,20). The number of carboxylic acid groups (broad SMARTS) is 1. The maximum Gasteiger partial charge on any atom is 0.311 e. The van der Waals surface area contributed by atoms with Gasteiger partial charge in [-0.3, -0.25) is 14.4 Å². The van der Waals surface area contributed by atoms with Gasteiger partial charge < -0.3 is 15.7 Å². The molecule has 1 aromatic heterocycles. The fourth-order valence-corrected chi connectivity index (χ4v) is 3.19. The van der Waals surface area contributed by atoms with Crippen molar-refractivity contribution < 1.29 is 19.5 Å². The van der Waals surface area contributed by atoms with E-state index in [-0.39, 0.29) is 24.4 Å². The van der Waals surface area contributed by atoms with E-state index in [2.05, 4.69) is 10.6 Å². The summed E-state index contributed by atoms with van der Waals surface area (Å²) in [5, 5.41) is 16.3. The molecule has 0 bridgehead atoms. The average molecular weight is 310 g/mol. The minimum absolute atomic E-state index is 0.150. The summed E-state index contributed by atoms with van der Waals surface area (Å²) in [6, 6.07) is 3.05. The van der Waals surface area contributed by atoms with Crippen LogP contribution in [-0.4, -0.2) is 35.5 Å². The van der Waals surface area contributed by atoms with Gasteiger partial charge in [0.05, 0.1) is 16.8 Å². The second kappa shape index (κ2) is 6.26. The van der Waals surface area contributed by atoms with Gasteiger partial charge in [0.1, 0.15) is 0 Å². The Hall–Kier alpha value is -1.89. The Balaban J connectivity index is 1.85. The van der Waals surface area contributed by atoms with Gasteiger partial charge in [-0.1, -0.05) is 12.5 Å². The molecule has 2 atom stereocenters. The maximum absolute atomic E-state index is 11.9. The van der Waals surface area contributed by atoms with Gasteiger partial charge in [-0.25, -0.2) is 0 Å². The van der Waals surface area contributed by atoms with Gasteiger partial charge in [0, 0.05) is 6.04 Å². The van der Waals surface area contributed by atoms with Crippen molar-refractivity contribution in [1.29, 1.82) is 0 Å². The minimum atomic E-state index is -0.923. The third-order valence-corrected chi connectivity index (χ3v) is 4.80. The van der Waals surface area contributed by atoms with Crippen LogP contribution in [0, 0.1) is 5.41 Å². The molecule has 2 amide bonds. The SMILES string of the molecule is CC1(C(=O)O)CCCC1NC(=O)CNC(=O)c1cccs1. The van der Waals surface area contributed by atoms with Crippen LogP contribution in [0.4, 0.5) is 0 Å². The molecule has 1 fully saturated rings. The van der Waals surface area contributed by atoms with E-state index in [1.807, 2.05) is 0 Å². The fraction of sp³-hybridized carbons (Fsp3) is 0.500. The number of rotatable bonds is 5.